The number of para-hydroxylation sites is 1. The highest BCUT2D eigenvalue weighted by Crippen LogP contribution is 2.31. The molecule has 1 N–H and O–H groups in total. The summed E-state index contributed by atoms with van der Waals surface area (Å²) in [5.41, 5.74) is 2.92. The quantitative estimate of drug-likeness (QED) is 0.915. The molecule has 0 radical (unpaired) electrons. The van der Waals surface area contributed by atoms with Crippen molar-refractivity contribution < 1.29 is 14.3 Å². The molecule has 19 heavy (non-hydrogen) atoms. The molecule has 0 aliphatic carbocycles. The van der Waals surface area contributed by atoms with E-state index in [1.54, 1.807) is 7.11 Å². The van der Waals surface area contributed by atoms with Crippen LogP contribution in [0.1, 0.15) is 34.3 Å². The van der Waals surface area contributed by atoms with Gasteiger partial charge in [0.25, 0.3) is 0 Å². The molecule has 0 aliphatic heterocycles. The number of hydrogen-bond acceptors (Lipinski definition) is 3. The number of hydrogen-bond donors (Lipinski definition) is 1. The molecule has 3 heteroatoms. The zero-order valence-electron chi connectivity index (χ0n) is 11.9. The van der Waals surface area contributed by atoms with Crippen LogP contribution >= 0.6 is 0 Å². The molecule has 0 saturated heterocycles. The van der Waals surface area contributed by atoms with Crippen molar-refractivity contribution >= 4 is 0 Å². The van der Waals surface area contributed by atoms with Gasteiger partial charge in [0.15, 0.2) is 0 Å². The Morgan fingerprint density at radius 1 is 1.16 bits per heavy atom. The lowest BCUT2D eigenvalue weighted by Crippen LogP contribution is -2.05. The second kappa shape index (κ2) is 5.49. The lowest BCUT2D eigenvalue weighted by Gasteiger charge is -2.14. The van der Waals surface area contributed by atoms with Crippen LogP contribution in [-0.4, -0.2) is 12.2 Å². The van der Waals surface area contributed by atoms with Crippen LogP contribution in [0.15, 0.2) is 28.7 Å². The van der Waals surface area contributed by atoms with Gasteiger partial charge in [-0.15, -0.1) is 0 Å². The van der Waals surface area contributed by atoms with E-state index in [2.05, 4.69) is 0 Å². The molecule has 0 bridgehead atoms. The Bertz CT molecular complexity index is 569. The maximum Gasteiger partial charge on any atom is 0.122 e. The summed E-state index contributed by atoms with van der Waals surface area (Å²) in [6.45, 7) is 5.79. The first-order valence-electron chi connectivity index (χ1n) is 6.41. The Morgan fingerprint density at radius 3 is 2.42 bits per heavy atom. The van der Waals surface area contributed by atoms with Gasteiger partial charge in [-0.05, 0) is 38.0 Å². The largest absolute Gasteiger partial charge is 0.496 e. The normalized spacial score (nSPS) is 12.5. The van der Waals surface area contributed by atoms with Crippen LogP contribution in [0.4, 0.5) is 0 Å². The number of methoxy groups -OCH3 is 1. The highest BCUT2D eigenvalue weighted by molar-refractivity contribution is 5.38. The fourth-order valence-corrected chi connectivity index (χ4v) is 2.48. The lowest BCUT2D eigenvalue weighted by atomic mass is 9.98. The van der Waals surface area contributed by atoms with Gasteiger partial charge < -0.3 is 14.3 Å². The third kappa shape index (κ3) is 2.66. The van der Waals surface area contributed by atoms with E-state index in [9.17, 15) is 5.11 Å². The van der Waals surface area contributed by atoms with Crippen LogP contribution in [0.25, 0.3) is 0 Å². The van der Waals surface area contributed by atoms with Gasteiger partial charge in [0.05, 0.1) is 13.2 Å². The molecule has 1 heterocycles. The minimum atomic E-state index is -0.575. The van der Waals surface area contributed by atoms with Gasteiger partial charge in [-0.25, -0.2) is 0 Å². The third-order valence-electron chi connectivity index (χ3n) is 3.56. The molecule has 1 aromatic carbocycles. The molecular weight excluding hydrogens is 240 g/mol. The van der Waals surface area contributed by atoms with Gasteiger partial charge in [0, 0.05) is 12.0 Å². The molecule has 0 aliphatic rings. The molecule has 0 saturated carbocycles. The number of aryl methyl sites for hydroxylation is 2. The van der Waals surface area contributed by atoms with Gasteiger partial charge in [-0.1, -0.05) is 18.2 Å². The van der Waals surface area contributed by atoms with E-state index in [0.29, 0.717) is 6.42 Å². The standard InChI is InChI=1S/C16H20O3/c1-10-11(2)19-12(3)16(10)14(17)9-13-7-5-6-8-15(13)18-4/h5-8,14,17H,9H2,1-4H3. The summed E-state index contributed by atoms with van der Waals surface area (Å²) >= 11 is 0. The number of aliphatic hydroxyl groups is 1. The Morgan fingerprint density at radius 2 is 1.84 bits per heavy atom. The molecule has 1 atom stereocenters. The van der Waals surface area contributed by atoms with E-state index in [0.717, 1.165) is 34.0 Å². The van der Waals surface area contributed by atoms with Crippen LogP contribution < -0.4 is 4.74 Å². The predicted octanol–water partition coefficient (Wildman–Crippen LogP) is 3.49. The molecule has 1 aromatic heterocycles. The molecule has 0 spiro atoms. The van der Waals surface area contributed by atoms with Crippen molar-refractivity contribution in [2.75, 3.05) is 7.11 Å². The van der Waals surface area contributed by atoms with Crippen molar-refractivity contribution in [3.63, 3.8) is 0 Å². The van der Waals surface area contributed by atoms with Gasteiger partial charge >= 0.3 is 0 Å². The molecule has 2 rings (SSSR count). The van der Waals surface area contributed by atoms with Gasteiger partial charge in [-0.2, -0.15) is 0 Å². The Hall–Kier alpha value is -1.74. The molecule has 0 fully saturated rings. The first kappa shape index (κ1) is 13.7. The van der Waals surface area contributed by atoms with Crippen LogP contribution in [0.2, 0.25) is 0 Å². The van der Waals surface area contributed by atoms with Crippen LogP contribution in [0, 0.1) is 20.8 Å². The summed E-state index contributed by atoms with van der Waals surface area (Å²) in [6.07, 6.45) is -0.0567. The molecular formula is C16H20O3. The number of rotatable bonds is 4. The van der Waals surface area contributed by atoms with E-state index < -0.39 is 6.10 Å². The average Bonchev–Trinajstić information content (AvgIpc) is 2.64. The average molecular weight is 260 g/mol. The van der Waals surface area contributed by atoms with E-state index in [-0.39, 0.29) is 0 Å². The minimum Gasteiger partial charge on any atom is -0.496 e. The second-order valence-corrected chi connectivity index (χ2v) is 4.78. The van der Waals surface area contributed by atoms with Crippen molar-refractivity contribution in [1.82, 2.24) is 0 Å². The van der Waals surface area contributed by atoms with Gasteiger partial charge in [-0.3, -0.25) is 0 Å². The molecule has 2 aromatic rings. The second-order valence-electron chi connectivity index (χ2n) is 4.78. The highest BCUT2D eigenvalue weighted by Gasteiger charge is 2.20. The summed E-state index contributed by atoms with van der Waals surface area (Å²) in [5.74, 6) is 2.46. The third-order valence-corrected chi connectivity index (χ3v) is 3.56. The monoisotopic (exact) mass is 260 g/mol. The van der Waals surface area contributed by atoms with Crippen molar-refractivity contribution in [1.29, 1.82) is 0 Å². The summed E-state index contributed by atoms with van der Waals surface area (Å²) < 4.78 is 10.9. The van der Waals surface area contributed by atoms with E-state index in [1.165, 1.54) is 0 Å². The Labute approximate surface area is 113 Å². The smallest absolute Gasteiger partial charge is 0.122 e. The summed E-state index contributed by atoms with van der Waals surface area (Å²) in [4.78, 5) is 0. The number of furan rings is 1. The predicted molar refractivity (Wildman–Crippen MR) is 74.6 cm³/mol. The van der Waals surface area contributed by atoms with Crippen molar-refractivity contribution in [2.24, 2.45) is 0 Å². The molecule has 1 unspecified atom stereocenters. The summed E-state index contributed by atoms with van der Waals surface area (Å²) in [7, 11) is 1.64. The van der Waals surface area contributed by atoms with Crippen molar-refractivity contribution in [2.45, 2.75) is 33.3 Å². The van der Waals surface area contributed by atoms with Crippen molar-refractivity contribution in [3.05, 3.63) is 52.5 Å². The SMILES string of the molecule is COc1ccccc1CC(O)c1c(C)oc(C)c1C. The minimum absolute atomic E-state index is 0.519. The van der Waals surface area contributed by atoms with E-state index >= 15 is 0 Å². The molecule has 0 amide bonds. The number of ether oxygens (including phenoxy) is 1. The maximum absolute atomic E-state index is 10.5. The lowest BCUT2D eigenvalue weighted by molar-refractivity contribution is 0.174. The summed E-state index contributed by atoms with van der Waals surface area (Å²) in [5, 5.41) is 10.5. The first-order chi connectivity index (χ1) is 9.04. The van der Waals surface area contributed by atoms with E-state index in [4.69, 9.17) is 9.15 Å². The van der Waals surface area contributed by atoms with Crippen molar-refractivity contribution in [3.8, 4) is 5.75 Å². The number of aliphatic hydroxyl groups excluding tert-OH is 1. The maximum atomic E-state index is 10.5. The van der Waals surface area contributed by atoms with Crippen LogP contribution in [0.5, 0.6) is 5.75 Å². The van der Waals surface area contributed by atoms with E-state index in [1.807, 2.05) is 45.0 Å². The first-order valence-corrected chi connectivity index (χ1v) is 6.41. The molecule has 3 nitrogen and oxygen atoms in total. The van der Waals surface area contributed by atoms with Gasteiger partial charge in [0.1, 0.15) is 17.3 Å². The van der Waals surface area contributed by atoms with Crippen LogP contribution in [0.3, 0.4) is 0 Å². The topological polar surface area (TPSA) is 42.6 Å². The molecule has 102 valence electrons. The van der Waals surface area contributed by atoms with Gasteiger partial charge in [0.2, 0.25) is 0 Å². The zero-order valence-corrected chi connectivity index (χ0v) is 11.9. The van der Waals surface area contributed by atoms with Crippen LogP contribution in [-0.2, 0) is 6.42 Å². The Kier molecular flexibility index (Phi) is 3.96. The highest BCUT2D eigenvalue weighted by atomic mass is 16.5. The summed E-state index contributed by atoms with van der Waals surface area (Å²) in [6, 6.07) is 7.75. The zero-order chi connectivity index (χ0) is 14.0. The fourth-order valence-electron chi connectivity index (χ4n) is 2.48. The Balaban J connectivity index is 2.28. The number of benzene rings is 1. The fraction of sp³-hybridized carbons (Fsp3) is 0.375.